The summed E-state index contributed by atoms with van der Waals surface area (Å²) in [7, 11) is 3.57. The van der Waals surface area contributed by atoms with E-state index in [1.807, 2.05) is 23.6 Å². The molecule has 0 aliphatic rings. The molecule has 1 amide bonds. The van der Waals surface area contributed by atoms with E-state index in [0.29, 0.717) is 0 Å². The van der Waals surface area contributed by atoms with E-state index in [2.05, 4.69) is 43.1 Å². The first-order valence-corrected chi connectivity index (χ1v) is 8.56. The molecule has 6 heteroatoms. The van der Waals surface area contributed by atoms with E-state index >= 15 is 0 Å². The maximum Gasteiger partial charge on any atom is 0.235 e. The first kappa shape index (κ1) is 17.5. The standard InChI is InChI=1S/C17H24N4OS/c1-11(2)15(16(22)20(5)6)23-17-19-18-13(4)21(17)14-9-7-8-12(3)10-14/h7-11,15H,1-6H3/t15-/m0/s1. The molecule has 0 bridgehead atoms. The van der Waals surface area contributed by atoms with E-state index in [-0.39, 0.29) is 17.1 Å². The second kappa shape index (κ2) is 7.17. The fourth-order valence-corrected chi connectivity index (χ4v) is 3.57. The maximum atomic E-state index is 12.4. The Hall–Kier alpha value is -1.82. The number of carbonyl (C=O) groups excluding carboxylic acids is 1. The Morgan fingerprint density at radius 3 is 2.48 bits per heavy atom. The lowest BCUT2D eigenvalue weighted by atomic mass is 10.1. The summed E-state index contributed by atoms with van der Waals surface area (Å²) in [6, 6.07) is 8.20. The number of carbonyl (C=O) groups is 1. The first-order valence-electron chi connectivity index (χ1n) is 7.68. The number of hydrogen-bond donors (Lipinski definition) is 0. The molecule has 2 rings (SSSR count). The van der Waals surface area contributed by atoms with Gasteiger partial charge < -0.3 is 4.90 Å². The van der Waals surface area contributed by atoms with Crippen LogP contribution in [0.1, 0.15) is 25.2 Å². The van der Waals surface area contributed by atoms with Crippen LogP contribution in [-0.2, 0) is 4.79 Å². The molecule has 0 N–H and O–H groups in total. The molecule has 0 saturated heterocycles. The van der Waals surface area contributed by atoms with Crippen molar-refractivity contribution in [1.82, 2.24) is 19.7 Å². The van der Waals surface area contributed by atoms with E-state index in [0.717, 1.165) is 16.7 Å². The molecular formula is C17H24N4OS. The van der Waals surface area contributed by atoms with Crippen molar-refractivity contribution < 1.29 is 4.79 Å². The molecule has 2 aromatic rings. The van der Waals surface area contributed by atoms with Gasteiger partial charge in [0.1, 0.15) is 5.82 Å². The minimum absolute atomic E-state index is 0.0986. The van der Waals surface area contributed by atoms with Crippen molar-refractivity contribution >= 4 is 17.7 Å². The maximum absolute atomic E-state index is 12.4. The first-order chi connectivity index (χ1) is 10.8. The lowest BCUT2D eigenvalue weighted by Crippen LogP contribution is -2.35. The SMILES string of the molecule is Cc1cccc(-n2c(C)nnc2S[C@H](C(=O)N(C)C)C(C)C)c1. The van der Waals surface area contributed by atoms with Gasteiger partial charge in [-0.2, -0.15) is 0 Å². The summed E-state index contributed by atoms with van der Waals surface area (Å²) in [5.74, 6) is 1.12. The highest BCUT2D eigenvalue weighted by atomic mass is 32.2. The van der Waals surface area contributed by atoms with Crippen LogP contribution in [0.4, 0.5) is 0 Å². The number of nitrogens with zero attached hydrogens (tertiary/aromatic N) is 4. The molecule has 0 saturated carbocycles. The summed E-state index contributed by atoms with van der Waals surface area (Å²) in [6.45, 7) is 8.10. The van der Waals surface area contributed by atoms with Gasteiger partial charge in [0.15, 0.2) is 5.16 Å². The number of rotatable bonds is 5. The Labute approximate surface area is 142 Å². The molecule has 0 radical (unpaired) electrons. The van der Waals surface area contributed by atoms with Gasteiger partial charge in [-0.05, 0) is 37.5 Å². The smallest absolute Gasteiger partial charge is 0.235 e. The number of aromatic nitrogens is 3. The zero-order chi connectivity index (χ0) is 17.1. The van der Waals surface area contributed by atoms with Gasteiger partial charge in [0, 0.05) is 19.8 Å². The monoisotopic (exact) mass is 332 g/mol. The largest absolute Gasteiger partial charge is 0.348 e. The van der Waals surface area contributed by atoms with Crippen molar-refractivity contribution in [2.24, 2.45) is 5.92 Å². The summed E-state index contributed by atoms with van der Waals surface area (Å²) >= 11 is 1.48. The van der Waals surface area contributed by atoms with Crippen LogP contribution in [-0.4, -0.2) is 44.9 Å². The van der Waals surface area contributed by atoms with Crippen LogP contribution >= 0.6 is 11.8 Å². The Morgan fingerprint density at radius 2 is 1.91 bits per heavy atom. The second-order valence-corrected chi connectivity index (χ2v) is 7.33. The van der Waals surface area contributed by atoms with Gasteiger partial charge in [-0.25, -0.2) is 0 Å². The lowest BCUT2D eigenvalue weighted by Gasteiger charge is -2.23. The van der Waals surface area contributed by atoms with Crippen molar-refractivity contribution in [1.29, 1.82) is 0 Å². The molecule has 1 heterocycles. The van der Waals surface area contributed by atoms with Crippen LogP contribution in [0.5, 0.6) is 0 Å². The molecule has 0 aliphatic heterocycles. The van der Waals surface area contributed by atoms with E-state index in [1.54, 1.807) is 19.0 Å². The van der Waals surface area contributed by atoms with Gasteiger partial charge in [0.2, 0.25) is 5.91 Å². The Balaban J connectivity index is 2.39. The van der Waals surface area contributed by atoms with Crippen molar-refractivity contribution in [2.45, 2.75) is 38.1 Å². The number of amides is 1. The predicted molar refractivity (Wildman–Crippen MR) is 94.0 cm³/mol. The van der Waals surface area contributed by atoms with Crippen molar-refractivity contribution in [3.63, 3.8) is 0 Å². The average Bonchev–Trinajstić information content (AvgIpc) is 2.84. The van der Waals surface area contributed by atoms with E-state index in [4.69, 9.17) is 0 Å². The van der Waals surface area contributed by atoms with Gasteiger partial charge in [-0.3, -0.25) is 9.36 Å². The molecule has 124 valence electrons. The highest BCUT2D eigenvalue weighted by Gasteiger charge is 2.27. The third-order valence-corrected chi connectivity index (χ3v) is 5.05. The van der Waals surface area contributed by atoms with Crippen LogP contribution < -0.4 is 0 Å². The normalized spacial score (nSPS) is 12.5. The minimum atomic E-state index is -0.183. The third-order valence-electron chi connectivity index (χ3n) is 3.58. The van der Waals surface area contributed by atoms with Crippen molar-refractivity contribution in [2.75, 3.05) is 14.1 Å². The quantitative estimate of drug-likeness (QED) is 0.790. The van der Waals surface area contributed by atoms with Crippen LogP contribution in [0, 0.1) is 19.8 Å². The second-order valence-electron chi connectivity index (χ2n) is 6.22. The van der Waals surface area contributed by atoms with Crippen LogP contribution in [0.2, 0.25) is 0 Å². The molecule has 0 unspecified atom stereocenters. The Morgan fingerprint density at radius 1 is 1.22 bits per heavy atom. The number of aryl methyl sites for hydroxylation is 2. The van der Waals surface area contributed by atoms with Crippen LogP contribution in [0.25, 0.3) is 5.69 Å². The number of thioether (sulfide) groups is 1. The van der Waals surface area contributed by atoms with Gasteiger partial charge >= 0.3 is 0 Å². The molecule has 0 spiro atoms. The van der Waals surface area contributed by atoms with Crippen LogP contribution in [0.15, 0.2) is 29.4 Å². The molecule has 1 atom stereocenters. The summed E-state index contributed by atoms with van der Waals surface area (Å²) in [5.41, 5.74) is 2.20. The number of hydrogen-bond acceptors (Lipinski definition) is 4. The fourth-order valence-electron chi connectivity index (χ4n) is 2.32. The summed E-state index contributed by atoms with van der Waals surface area (Å²) in [5, 5.41) is 9.07. The van der Waals surface area contributed by atoms with Gasteiger partial charge in [0.25, 0.3) is 0 Å². The van der Waals surface area contributed by atoms with Crippen molar-refractivity contribution in [3.05, 3.63) is 35.7 Å². The molecule has 5 nitrogen and oxygen atoms in total. The molecule has 1 aromatic heterocycles. The highest BCUT2D eigenvalue weighted by molar-refractivity contribution is 8.00. The summed E-state index contributed by atoms with van der Waals surface area (Å²) < 4.78 is 2.01. The molecule has 23 heavy (non-hydrogen) atoms. The Bertz CT molecular complexity index is 694. The Kier molecular flexibility index (Phi) is 5.46. The third kappa shape index (κ3) is 3.93. The van der Waals surface area contributed by atoms with Gasteiger partial charge in [0.05, 0.1) is 5.25 Å². The lowest BCUT2D eigenvalue weighted by molar-refractivity contribution is -0.128. The fraction of sp³-hybridized carbons (Fsp3) is 0.471. The zero-order valence-electron chi connectivity index (χ0n) is 14.6. The van der Waals surface area contributed by atoms with E-state index in [1.165, 1.54) is 17.3 Å². The van der Waals surface area contributed by atoms with E-state index in [9.17, 15) is 4.79 Å². The summed E-state index contributed by atoms with van der Waals surface area (Å²) in [4.78, 5) is 14.1. The zero-order valence-corrected chi connectivity index (χ0v) is 15.4. The van der Waals surface area contributed by atoms with Crippen LogP contribution in [0.3, 0.4) is 0 Å². The highest BCUT2D eigenvalue weighted by Crippen LogP contribution is 2.30. The number of benzene rings is 1. The summed E-state index contributed by atoms with van der Waals surface area (Å²) in [6.07, 6.45) is 0. The minimum Gasteiger partial charge on any atom is -0.348 e. The van der Waals surface area contributed by atoms with Crippen molar-refractivity contribution in [3.8, 4) is 5.69 Å². The molecule has 0 fully saturated rings. The molecular weight excluding hydrogens is 308 g/mol. The van der Waals surface area contributed by atoms with E-state index < -0.39 is 0 Å². The average molecular weight is 332 g/mol. The topological polar surface area (TPSA) is 51.0 Å². The molecule has 1 aromatic carbocycles. The predicted octanol–water partition coefficient (Wildman–Crippen LogP) is 3.09. The van der Waals surface area contributed by atoms with Gasteiger partial charge in [-0.15, -0.1) is 10.2 Å². The van der Waals surface area contributed by atoms with Gasteiger partial charge in [-0.1, -0.05) is 37.7 Å². The molecule has 0 aliphatic carbocycles.